The molecule has 418 valence electrons. The van der Waals surface area contributed by atoms with Crippen LogP contribution in [0.1, 0.15) is 103 Å². The van der Waals surface area contributed by atoms with Gasteiger partial charge in [0.2, 0.25) is 0 Å². The number of hydrogen-bond donors (Lipinski definition) is 0. The van der Waals surface area contributed by atoms with E-state index in [0.29, 0.717) is 11.8 Å². The fraction of sp³-hybridized carbons (Fsp3) is 0.175. The number of fused-ring (bicyclic) bond motifs is 18. The van der Waals surface area contributed by atoms with E-state index in [1.807, 2.05) is 0 Å². The Hall–Kier alpha value is -9.78. The van der Waals surface area contributed by atoms with Crippen molar-refractivity contribution in [2.75, 3.05) is 9.80 Å². The first-order valence-corrected chi connectivity index (χ1v) is 30.6. The topological polar surface area (TPSA) is 41.6 Å². The van der Waals surface area contributed by atoms with Crippen LogP contribution in [0.5, 0.6) is 0 Å². The van der Waals surface area contributed by atoms with Gasteiger partial charge in [0.05, 0.1) is 55.8 Å². The molecule has 6 nitrogen and oxygen atoms in total. The number of hydrogen-bond acceptors (Lipinski definition) is 4. The van der Waals surface area contributed by atoms with Gasteiger partial charge in [-0.2, -0.15) is 0 Å². The Morgan fingerprint density at radius 1 is 0.314 bits per heavy atom. The molecule has 17 rings (SSSR count). The molecule has 11 aromatic carbocycles. The van der Waals surface area contributed by atoms with Gasteiger partial charge in [0.25, 0.3) is 0 Å². The van der Waals surface area contributed by atoms with Crippen LogP contribution in [-0.2, 0) is 10.8 Å². The summed E-state index contributed by atoms with van der Waals surface area (Å²) in [5.74, 6) is 0.794. The summed E-state index contributed by atoms with van der Waals surface area (Å²) in [4.78, 5) is 4.92. The average molecular weight is 1120 g/mol. The number of rotatable bonds is 8. The van der Waals surface area contributed by atoms with E-state index in [1.165, 1.54) is 98.4 Å². The molecule has 86 heavy (non-hydrogen) atoms. The summed E-state index contributed by atoms with van der Waals surface area (Å²) in [6.07, 6.45) is 0. The first-order chi connectivity index (χ1) is 41.6. The van der Waals surface area contributed by atoms with Gasteiger partial charge >= 0.3 is 0 Å². The molecule has 0 N–H and O–H groups in total. The van der Waals surface area contributed by atoms with Crippen molar-refractivity contribution in [3.8, 4) is 0 Å². The smallest absolute Gasteiger partial charge is 0.159 e. The maximum absolute atomic E-state index is 7.20. The second kappa shape index (κ2) is 17.9. The summed E-state index contributed by atoms with van der Waals surface area (Å²) in [5.41, 5.74) is 22.0. The standard InChI is InChI=1S/C80H66N4O2/c1-45(2)47-31-35-49(36-32-47)81(67-29-17-23-55-53-21-15-25-61(79(5,6)7)75(53)85-77(55)67)65-41-39-51-59-43-70-60(44-69(59)83-63-27-13-11-19-57(63)71(65)73(51)83)52-40-42-66(72-58-20-12-14-28-64(58)84(70)74(52)72)82(50-37-33-48(34-38-50)46(3)4)68-30-18-24-56-54-22-16-26-62(80(8,9)10)76(54)86-78(56)68/h11-46H,1-10H3. The van der Waals surface area contributed by atoms with Crippen molar-refractivity contribution in [1.82, 2.24) is 8.80 Å². The van der Waals surface area contributed by atoms with E-state index in [-0.39, 0.29) is 10.8 Å². The molecule has 6 heterocycles. The van der Waals surface area contributed by atoms with Gasteiger partial charge in [-0.25, -0.2) is 0 Å². The third-order valence-corrected chi connectivity index (χ3v) is 19.0. The Morgan fingerprint density at radius 2 is 0.674 bits per heavy atom. The normalized spacial score (nSPS) is 13.0. The number of benzene rings is 11. The number of para-hydroxylation sites is 6. The Labute approximate surface area is 499 Å². The number of furan rings is 2. The second-order valence-corrected chi connectivity index (χ2v) is 26.8. The van der Waals surface area contributed by atoms with E-state index in [4.69, 9.17) is 8.83 Å². The Bertz CT molecular complexity index is 5270. The number of aromatic nitrogens is 2. The minimum atomic E-state index is -0.106. The maximum Gasteiger partial charge on any atom is 0.159 e. The Kier molecular flexibility index (Phi) is 10.5. The zero-order valence-corrected chi connectivity index (χ0v) is 50.4. The molecule has 0 fully saturated rings. The van der Waals surface area contributed by atoms with Crippen LogP contribution >= 0.6 is 0 Å². The fourth-order valence-corrected chi connectivity index (χ4v) is 14.8. The van der Waals surface area contributed by atoms with Crippen LogP contribution < -0.4 is 9.80 Å². The van der Waals surface area contributed by atoms with Crippen LogP contribution in [0.15, 0.2) is 215 Å². The van der Waals surface area contributed by atoms with Crippen LogP contribution in [0.2, 0.25) is 0 Å². The Balaban J connectivity index is 0.926. The van der Waals surface area contributed by atoms with E-state index in [1.54, 1.807) is 0 Å². The fourth-order valence-electron chi connectivity index (χ4n) is 14.8. The van der Waals surface area contributed by atoms with Gasteiger partial charge in [0.1, 0.15) is 11.2 Å². The van der Waals surface area contributed by atoms with E-state index in [2.05, 4.69) is 294 Å². The first-order valence-electron chi connectivity index (χ1n) is 30.6. The molecule has 0 aliphatic rings. The zero-order chi connectivity index (χ0) is 58.4. The molecule has 0 saturated carbocycles. The first kappa shape index (κ1) is 50.7. The minimum absolute atomic E-state index is 0.106. The summed E-state index contributed by atoms with van der Waals surface area (Å²) >= 11 is 0. The highest BCUT2D eigenvalue weighted by molar-refractivity contribution is 6.32. The van der Waals surface area contributed by atoms with Gasteiger partial charge in [-0.15, -0.1) is 0 Å². The van der Waals surface area contributed by atoms with Gasteiger partial charge in [0, 0.05) is 87.1 Å². The molecule has 6 heteroatoms. The van der Waals surface area contributed by atoms with Crippen molar-refractivity contribution in [3.05, 3.63) is 229 Å². The SMILES string of the molecule is CC(C)c1ccc(N(c2cccc3c2oc2c(C(C)(C)C)cccc23)c2ccc3c4cc5c(cc4n4c6ccccc6c2c34)c2ccc(N(c3ccc(C(C)C)cc3)c3cccc4c3oc3c(C(C)(C)C)cccc34)c3c4ccccc4n5c23)cc1. The van der Waals surface area contributed by atoms with Crippen LogP contribution in [0.3, 0.4) is 0 Å². The molecule has 0 aliphatic heterocycles. The van der Waals surface area contributed by atoms with Crippen LogP contribution in [0, 0.1) is 0 Å². The van der Waals surface area contributed by atoms with Crippen molar-refractivity contribution in [3.63, 3.8) is 0 Å². The number of anilines is 6. The predicted molar refractivity (Wildman–Crippen MR) is 365 cm³/mol. The lowest BCUT2D eigenvalue weighted by Gasteiger charge is -2.27. The average Bonchev–Trinajstić information content (AvgIpc) is 1.59. The van der Waals surface area contributed by atoms with Crippen molar-refractivity contribution < 1.29 is 8.83 Å². The van der Waals surface area contributed by atoms with Crippen LogP contribution in [0.4, 0.5) is 34.1 Å². The van der Waals surface area contributed by atoms with Gasteiger partial charge in [-0.05, 0) is 107 Å². The molecule has 0 spiro atoms. The summed E-state index contributed by atoms with van der Waals surface area (Å²) in [6.45, 7) is 22.7. The zero-order valence-electron chi connectivity index (χ0n) is 50.4. The molecule has 0 radical (unpaired) electrons. The third kappa shape index (κ3) is 7.01. The molecule has 0 bridgehead atoms. The lowest BCUT2D eigenvalue weighted by molar-refractivity contribution is 0.572. The maximum atomic E-state index is 7.20. The van der Waals surface area contributed by atoms with Crippen LogP contribution in [-0.4, -0.2) is 8.80 Å². The lowest BCUT2D eigenvalue weighted by atomic mass is 9.86. The van der Waals surface area contributed by atoms with Gasteiger partial charge in [-0.3, -0.25) is 0 Å². The van der Waals surface area contributed by atoms with Gasteiger partial charge in [-0.1, -0.05) is 203 Å². The molecular weight excluding hydrogens is 1050 g/mol. The van der Waals surface area contributed by atoms with Crippen molar-refractivity contribution in [2.45, 2.75) is 91.9 Å². The van der Waals surface area contributed by atoms with E-state index in [9.17, 15) is 0 Å². The molecular formula is C80H66N4O2. The molecule has 0 amide bonds. The van der Waals surface area contributed by atoms with E-state index < -0.39 is 0 Å². The van der Waals surface area contributed by atoms with Crippen molar-refractivity contribution >= 4 is 154 Å². The summed E-state index contributed by atoms with van der Waals surface area (Å²) in [6, 6.07) is 77.4. The molecule has 17 aromatic rings. The summed E-state index contributed by atoms with van der Waals surface area (Å²) in [7, 11) is 0. The molecule has 6 aromatic heterocycles. The van der Waals surface area contributed by atoms with Crippen molar-refractivity contribution in [2.24, 2.45) is 0 Å². The molecule has 0 saturated heterocycles. The highest BCUT2D eigenvalue weighted by atomic mass is 16.3. The monoisotopic (exact) mass is 1110 g/mol. The molecule has 0 atom stereocenters. The Morgan fingerprint density at radius 3 is 1.06 bits per heavy atom. The quantitative estimate of drug-likeness (QED) is 0.152. The largest absolute Gasteiger partial charge is 0.454 e. The predicted octanol–water partition coefficient (Wildman–Crippen LogP) is 23.6. The highest BCUT2D eigenvalue weighted by Gasteiger charge is 2.31. The highest BCUT2D eigenvalue weighted by Crippen LogP contribution is 2.54. The van der Waals surface area contributed by atoms with Gasteiger partial charge in [0.15, 0.2) is 11.2 Å². The van der Waals surface area contributed by atoms with Crippen molar-refractivity contribution in [1.29, 1.82) is 0 Å². The van der Waals surface area contributed by atoms with E-state index in [0.717, 1.165) is 78.0 Å². The third-order valence-electron chi connectivity index (χ3n) is 19.0. The summed E-state index contributed by atoms with van der Waals surface area (Å²) < 4.78 is 19.5. The van der Waals surface area contributed by atoms with E-state index >= 15 is 0 Å². The van der Waals surface area contributed by atoms with Crippen LogP contribution in [0.25, 0.3) is 120 Å². The lowest BCUT2D eigenvalue weighted by Crippen LogP contribution is -2.11. The van der Waals surface area contributed by atoms with Gasteiger partial charge < -0.3 is 27.4 Å². The summed E-state index contributed by atoms with van der Waals surface area (Å²) in [5, 5.41) is 14.2. The molecule has 0 unspecified atom stereocenters. The molecule has 0 aliphatic carbocycles. The minimum Gasteiger partial charge on any atom is -0.454 e. The number of nitrogens with zero attached hydrogens (tertiary/aromatic N) is 4. The second-order valence-electron chi connectivity index (χ2n) is 26.8.